The third-order valence-corrected chi connectivity index (χ3v) is 7.20. The summed E-state index contributed by atoms with van der Waals surface area (Å²) in [7, 11) is 0. The van der Waals surface area contributed by atoms with Crippen LogP contribution in [-0.4, -0.2) is 102 Å². The van der Waals surface area contributed by atoms with Crippen molar-refractivity contribution in [3.05, 3.63) is 77.6 Å². The highest BCUT2D eigenvalue weighted by Crippen LogP contribution is 2.35. The fourth-order valence-electron chi connectivity index (χ4n) is 4.79. The van der Waals surface area contributed by atoms with Gasteiger partial charge in [0, 0.05) is 38.6 Å². The Bertz CT molecular complexity index is 1180. The van der Waals surface area contributed by atoms with Gasteiger partial charge in [0.15, 0.2) is 0 Å². The van der Waals surface area contributed by atoms with Crippen LogP contribution in [0.1, 0.15) is 29.5 Å². The number of nitrogens with one attached hydrogen (secondary N) is 1. The molecular weight excluding hydrogens is 534 g/mol. The monoisotopic (exact) mass is 581 g/mol. The number of nitrogens with zero attached hydrogens (tertiary/aromatic N) is 2. The normalized spacial score (nSPS) is 12.8. The third kappa shape index (κ3) is 11.0. The number of rotatable bonds is 20. The third-order valence-electron chi connectivity index (χ3n) is 7.20. The maximum absolute atomic E-state index is 10.0. The lowest BCUT2D eigenvalue weighted by molar-refractivity contribution is 0.0578. The summed E-state index contributed by atoms with van der Waals surface area (Å²) in [5.74, 6) is 1.68. The van der Waals surface area contributed by atoms with E-state index in [0.717, 1.165) is 71.7 Å². The predicted octanol–water partition coefficient (Wildman–Crippen LogP) is 2.74. The minimum absolute atomic E-state index is 0.246. The Morgan fingerprint density at radius 2 is 1.45 bits per heavy atom. The molecule has 0 saturated carbocycles. The maximum Gasteiger partial charge on any atom is 0.122 e. The number of benzene rings is 2. The summed E-state index contributed by atoms with van der Waals surface area (Å²) in [6.45, 7) is 7.68. The molecule has 1 aromatic heterocycles. The van der Waals surface area contributed by atoms with E-state index in [1.165, 1.54) is 0 Å². The summed E-state index contributed by atoms with van der Waals surface area (Å²) >= 11 is 0. The number of hydrogen-bond donors (Lipinski definition) is 5. The molecule has 3 aromatic rings. The molecule has 0 amide bonds. The lowest BCUT2D eigenvalue weighted by atomic mass is 9.95. The molecule has 0 aliphatic carbocycles. The summed E-state index contributed by atoms with van der Waals surface area (Å²) < 4.78 is 12.3. The van der Waals surface area contributed by atoms with Crippen molar-refractivity contribution in [1.29, 1.82) is 0 Å². The lowest BCUT2D eigenvalue weighted by Crippen LogP contribution is -2.37. The zero-order valence-corrected chi connectivity index (χ0v) is 24.9. The van der Waals surface area contributed by atoms with Crippen molar-refractivity contribution >= 4 is 0 Å². The lowest BCUT2D eigenvalue weighted by Gasteiger charge is -2.24. The predicted molar refractivity (Wildman–Crippen MR) is 165 cm³/mol. The largest absolute Gasteiger partial charge is 0.493 e. The first kappa shape index (κ1) is 33.5. The standard InChI is InChI=1S/C33H47N3O6/c1-25-30(9-3-11-32(25)41-18-6-15-35-21-28(39)23-37)31-10-4-12-33(26(31)2)42-19-7-16-36(22-29(40)24-38)17-13-27-8-5-14-34-20-27/h3-5,8-12,14,20,28-29,35,37-40H,6-7,13,15-19,21-24H2,1-2H3/t28-,29-/m0/s1. The number of aliphatic hydroxyl groups is 4. The molecule has 2 aromatic carbocycles. The van der Waals surface area contributed by atoms with E-state index in [0.29, 0.717) is 32.8 Å². The van der Waals surface area contributed by atoms with E-state index in [-0.39, 0.29) is 13.2 Å². The Morgan fingerprint density at radius 1 is 0.810 bits per heavy atom. The van der Waals surface area contributed by atoms with Crippen molar-refractivity contribution in [2.45, 2.75) is 45.3 Å². The number of hydrogen-bond acceptors (Lipinski definition) is 9. The number of ether oxygens (including phenoxy) is 2. The summed E-state index contributed by atoms with van der Waals surface area (Å²) in [6.07, 6.45) is 4.49. The van der Waals surface area contributed by atoms with Crippen molar-refractivity contribution < 1.29 is 29.9 Å². The van der Waals surface area contributed by atoms with E-state index < -0.39 is 12.2 Å². The first-order valence-electron chi connectivity index (χ1n) is 14.8. The molecule has 0 saturated heterocycles. The van der Waals surface area contributed by atoms with Crippen LogP contribution < -0.4 is 14.8 Å². The molecule has 0 radical (unpaired) electrons. The van der Waals surface area contributed by atoms with Gasteiger partial charge >= 0.3 is 0 Å². The van der Waals surface area contributed by atoms with Crippen LogP contribution in [0.3, 0.4) is 0 Å². The molecule has 0 fully saturated rings. The average molecular weight is 582 g/mol. The molecule has 2 atom stereocenters. The second-order valence-corrected chi connectivity index (χ2v) is 10.6. The topological polar surface area (TPSA) is 128 Å². The maximum atomic E-state index is 10.0. The van der Waals surface area contributed by atoms with Crippen LogP contribution >= 0.6 is 0 Å². The molecule has 0 spiro atoms. The van der Waals surface area contributed by atoms with Gasteiger partial charge in [0.05, 0.1) is 38.6 Å². The molecule has 9 nitrogen and oxygen atoms in total. The Balaban J connectivity index is 1.54. The first-order chi connectivity index (χ1) is 20.4. The van der Waals surface area contributed by atoms with Crippen molar-refractivity contribution in [2.75, 3.05) is 59.2 Å². The van der Waals surface area contributed by atoms with Gasteiger partial charge in [0.25, 0.3) is 0 Å². The molecule has 0 aliphatic heterocycles. The van der Waals surface area contributed by atoms with Crippen LogP contribution in [0.2, 0.25) is 0 Å². The Kier molecular flexibility index (Phi) is 14.7. The fraction of sp³-hybridized carbons (Fsp3) is 0.485. The van der Waals surface area contributed by atoms with Crippen molar-refractivity contribution in [3.63, 3.8) is 0 Å². The number of aromatic nitrogens is 1. The van der Waals surface area contributed by atoms with E-state index in [2.05, 4.69) is 41.2 Å². The van der Waals surface area contributed by atoms with Gasteiger partial charge in [-0.15, -0.1) is 0 Å². The average Bonchev–Trinajstić information content (AvgIpc) is 3.01. The van der Waals surface area contributed by atoms with Crippen LogP contribution in [-0.2, 0) is 6.42 Å². The SMILES string of the molecule is Cc1c(OCCCNC[C@H](O)CO)cccc1-c1cccc(OCCCN(CCc2cccnc2)C[C@H](O)CO)c1C. The summed E-state index contributed by atoms with van der Waals surface area (Å²) in [5, 5.41) is 40.8. The van der Waals surface area contributed by atoms with E-state index in [1.54, 1.807) is 6.20 Å². The highest BCUT2D eigenvalue weighted by molar-refractivity contribution is 5.74. The van der Waals surface area contributed by atoms with Gasteiger partial charge in [-0.1, -0.05) is 30.3 Å². The van der Waals surface area contributed by atoms with Gasteiger partial charge in [0.2, 0.25) is 0 Å². The van der Waals surface area contributed by atoms with Crippen LogP contribution in [0.25, 0.3) is 11.1 Å². The van der Waals surface area contributed by atoms with Gasteiger partial charge in [-0.3, -0.25) is 4.98 Å². The van der Waals surface area contributed by atoms with Crippen LogP contribution in [0, 0.1) is 13.8 Å². The Hall–Kier alpha value is -3.05. The highest BCUT2D eigenvalue weighted by atomic mass is 16.5. The summed E-state index contributed by atoms with van der Waals surface area (Å²) in [4.78, 5) is 6.33. The number of aliphatic hydroxyl groups excluding tert-OH is 4. The molecule has 5 N–H and O–H groups in total. The fourth-order valence-corrected chi connectivity index (χ4v) is 4.79. The zero-order valence-electron chi connectivity index (χ0n) is 24.9. The van der Waals surface area contributed by atoms with Gasteiger partial charge < -0.3 is 40.1 Å². The first-order valence-corrected chi connectivity index (χ1v) is 14.8. The molecule has 3 rings (SSSR count). The quantitative estimate of drug-likeness (QED) is 0.128. The van der Waals surface area contributed by atoms with Gasteiger partial charge in [0.1, 0.15) is 11.5 Å². The highest BCUT2D eigenvalue weighted by Gasteiger charge is 2.14. The molecule has 230 valence electrons. The van der Waals surface area contributed by atoms with Crippen LogP contribution in [0.4, 0.5) is 0 Å². The van der Waals surface area contributed by atoms with Crippen molar-refractivity contribution in [3.8, 4) is 22.6 Å². The van der Waals surface area contributed by atoms with Crippen molar-refractivity contribution in [1.82, 2.24) is 15.2 Å². The smallest absolute Gasteiger partial charge is 0.122 e. The van der Waals surface area contributed by atoms with Crippen LogP contribution in [0.15, 0.2) is 60.9 Å². The van der Waals surface area contributed by atoms with E-state index in [4.69, 9.17) is 14.6 Å². The molecule has 9 heteroatoms. The molecule has 0 aliphatic rings. The van der Waals surface area contributed by atoms with E-state index in [1.807, 2.05) is 42.6 Å². The summed E-state index contributed by atoms with van der Waals surface area (Å²) in [5.41, 5.74) is 5.46. The second-order valence-electron chi connectivity index (χ2n) is 10.6. The second kappa shape index (κ2) is 18.5. The minimum atomic E-state index is -0.774. The minimum Gasteiger partial charge on any atom is -0.493 e. The molecule has 0 bridgehead atoms. The van der Waals surface area contributed by atoms with Gasteiger partial charge in [-0.25, -0.2) is 0 Å². The Labute approximate surface area is 249 Å². The zero-order chi connectivity index (χ0) is 30.2. The van der Waals surface area contributed by atoms with Crippen LogP contribution in [0.5, 0.6) is 11.5 Å². The number of pyridine rings is 1. The van der Waals surface area contributed by atoms with Gasteiger partial charge in [-0.05, 0) is 85.7 Å². The Morgan fingerprint density at radius 3 is 2.05 bits per heavy atom. The molecule has 0 unspecified atom stereocenters. The van der Waals surface area contributed by atoms with E-state index in [9.17, 15) is 15.3 Å². The molecule has 1 heterocycles. The van der Waals surface area contributed by atoms with Gasteiger partial charge in [-0.2, -0.15) is 0 Å². The summed E-state index contributed by atoms with van der Waals surface area (Å²) in [6, 6.07) is 16.1. The molecule has 42 heavy (non-hydrogen) atoms. The van der Waals surface area contributed by atoms with Crippen molar-refractivity contribution in [2.24, 2.45) is 0 Å². The molecular formula is C33H47N3O6. The van der Waals surface area contributed by atoms with E-state index >= 15 is 0 Å².